The zero-order valence-corrected chi connectivity index (χ0v) is 81.2. The number of benzene rings is 1. The monoisotopic (exact) mass is 2090 g/mol. The molecule has 0 spiro atoms. The quantitative estimate of drug-likeness (QED) is 0.474. The molecule has 3 nitrogen and oxygen atoms in total. The van der Waals surface area contributed by atoms with E-state index in [-0.39, 0.29) is 22.6 Å². The van der Waals surface area contributed by atoms with Gasteiger partial charge in [0.15, 0.2) is 6.29 Å². The average Bonchev–Trinajstić information content (AvgIpc) is 3.38. The first-order valence-electron chi connectivity index (χ1n) is 14.9. The average molecular weight is 2100 g/mol. The van der Waals surface area contributed by atoms with E-state index in [2.05, 4.69) is 5.32 Å². The molecule has 75 heavy (non-hydrogen) atoms. The minimum atomic E-state index is -0.485. The van der Waals surface area contributed by atoms with Crippen molar-refractivity contribution in [2.45, 2.75) is 27.2 Å². The largest absolute Gasteiger partial charge is 0.325 e. The topological polar surface area (TPSA) is 46.2 Å². The van der Waals surface area contributed by atoms with Crippen LogP contribution in [-0.4, -0.2) is 12.2 Å². The molecule has 0 saturated carbocycles. The molecule has 0 fully saturated rings. The van der Waals surface area contributed by atoms with Crippen molar-refractivity contribution in [3.63, 3.8) is 0 Å². The van der Waals surface area contributed by atoms with Crippen molar-refractivity contribution < 1.29 is 14.0 Å². The molecular formula is C13H16FNO2S58. The van der Waals surface area contributed by atoms with Crippen molar-refractivity contribution >= 4 is 538 Å². The summed E-state index contributed by atoms with van der Waals surface area (Å²) in [4.78, 5) is 22.4. The van der Waals surface area contributed by atoms with Crippen molar-refractivity contribution in [2.75, 3.05) is 5.32 Å². The lowest BCUT2D eigenvalue weighted by Gasteiger charge is -2.17. The second-order valence-electron chi connectivity index (χ2n) is 8.95. The maximum absolute atomic E-state index is 13.0. The predicted octanol–water partition coefficient (Wildman–Crippen LogP) is 2.87. The number of carbonyl (C=O) groups excluding carboxylic acids is 2. The van der Waals surface area contributed by atoms with Crippen LogP contribution in [0, 0.1) is 11.2 Å². The highest BCUT2D eigenvalue weighted by Gasteiger charge is 2.17. The number of anilines is 1. The van der Waals surface area contributed by atoms with Gasteiger partial charge in [-0.25, -0.2) is 4.39 Å². The Labute approximate surface area is 602 Å². The molecule has 0 atom stereocenters. The fourth-order valence-corrected chi connectivity index (χ4v) is 150. The zero-order valence-electron chi connectivity index (χ0n) is 33.9. The van der Waals surface area contributed by atoms with E-state index in [4.69, 9.17) is 22.4 Å². The van der Waals surface area contributed by atoms with E-state index in [9.17, 15) is 14.0 Å². The molecule has 0 radical (unpaired) electrons. The van der Waals surface area contributed by atoms with Crippen LogP contribution < -0.4 is 5.32 Å². The minimum Gasteiger partial charge on any atom is -0.325 e. The van der Waals surface area contributed by atoms with Gasteiger partial charge in [0.05, 0.1) is 5.69 Å². The highest BCUT2D eigenvalue weighted by molar-refractivity contribution is 8.83. The highest BCUT2D eigenvalue weighted by atomic mass is 33.5. The highest BCUT2D eigenvalue weighted by Crippen LogP contribution is 2.21. The summed E-state index contributed by atoms with van der Waals surface area (Å²) in [5, 5.41) is 2.55. The SMILES string of the molecule is CC(C)(C)CC(=O)Nc1cc(F)ccc1C=O.S=S=S=S=S=S=S=S=S=S=S=S=S=S=S=S=S=S=S=S=S=S=S=S=S=S=S=S=S=S=S=S=S=S=S=S=S=S=S=S=S=S=S=S=S=S=S=S=S=S=S=S=S=S=S=S=S=S. The Morgan fingerprint density at radius 1 is 0.387 bits per heavy atom. The van der Waals surface area contributed by atoms with Crippen molar-refractivity contribution in [1.82, 2.24) is 0 Å². The van der Waals surface area contributed by atoms with Crippen molar-refractivity contribution in [3.8, 4) is 0 Å². The van der Waals surface area contributed by atoms with Gasteiger partial charge in [0.25, 0.3) is 0 Å². The van der Waals surface area contributed by atoms with Crippen LogP contribution in [0.25, 0.3) is 0 Å². The Morgan fingerprint density at radius 2 is 0.573 bits per heavy atom. The standard InChI is InChI=1S/C13H16FNO2.S58/c1-13(2,3)7-12(17)15-11-6-10(14)5-4-9(11)8-16;1-3-5-7-9-11-13-15-17-19-21-23-25-27-29-31-33-35-37-39-41-43-45-47-49-51-53-55-57-58-56-54-52-50-48-46-44-42-40-38-36-34-32-30-28-26-24-22-20-18-16-14-12-10-8-6-4-2/h4-6,8H,7H2,1-3H3,(H,15,17);. The molecular weight excluding hydrogens is 2080 g/mol. The van der Waals surface area contributed by atoms with Crippen LogP contribution in [0.15, 0.2) is 18.2 Å². The second-order valence-corrected chi connectivity index (χ2v) is 108. The molecule has 1 rings (SSSR count). The number of nitrogens with one attached hydrogen (secondary N) is 1. The third-order valence-electron chi connectivity index (χ3n) is 3.64. The molecule has 0 aliphatic carbocycles. The van der Waals surface area contributed by atoms with Crippen LogP contribution in [-0.2, 0) is 524 Å². The Kier molecular flexibility index (Phi) is 83.2. The molecule has 1 amide bonds. The van der Waals surface area contributed by atoms with E-state index in [0.717, 1.165) is 6.07 Å². The van der Waals surface area contributed by atoms with Gasteiger partial charge in [-0.15, -0.1) is 0 Å². The molecule has 62 heteroatoms. The molecule has 0 heterocycles. The second kappa shape index (κ2) is 72.5. The van der Waals surface area contributed by atoms with Crippen molar-refractivity contribution in [3.05, 3.63) is 29.6 Å². The summed E-state index contributed by atoms with van der Waals surface area (Å²) in [6.07, 6.45) is 0.897. The maximum Gasteiger partial charge on any atom is 0.224 e. The fraction of sp³-hybridized carbons (Fsp3) is 0.385. The van der Waals surface area contributed by atoms with Gasteiger partial charge in [-0.1, -0.05) is 20.8 Å². The molecule has 0 bridgehead atoms. The van der Waals surface area contributed by atoms with Crippen LogP contribution >= 0.6 is 0 Å². The first kappa shape index (κ1) is 86.1. The first-order valence-corrected chi connectivity index (χ1v) is 90.9. The number of rotatable bonds is 3. The summed E-state index contributed by atoms with van der Waals surface area (Å²) in [6.45, 7) is 5.79. The molecule has 0 aromatic heterocycles. The lowest BCUT2D eigenvalue weighted by molar-refractivity contribution is -0.117. The summed E-state index contributed by atoms with van der Waals surface area (Å²) < 4.78 is 13.0. The Hall–Kier alpha value is 11.1. The third-order valence-corrected chi connectivity index (χ3v) is 126. The Morgan fingerprint density at radius 3 is 0.733 bits per heavy atom. The first-order chi connectivity index (χ1) is 36.7. The van der Waals surface area contributed by atoms with Crippen LogP contribution in [0.2, 0.25) is 0 Å². The number of amides is 1. The van der Waals surface area contributed by atoms with E-state index < -0.39 is 5.82 Å². The van der Waals surface area contributed by atoms with Gasteiger partial charge in [-0.2, -0.15) is 0 Å². The molecule has 0 unspecified atom stereocenters. The molecule has 0 aliphatic heterocycles. The number of aldehydes is 1. The Bertz CT molecular complexity index is 4700. The summed E-state index contributed by atoms with van der Waals surface area (Å²) in [5.41, 5.74) is 0.335. The van der Waals surface area contributed by atoms with Gasteiger partial charge in [-0.05, 0) is 23.6 Å². The van der Waals surface area contributed by atoms with Crippen molar-refractivity contribution in [1.29, 1.82) is 0 Å². The lowest BCUT2D eigenvalue weighted by atomic mass is 9.92. The third kappa shape index (κ3) is 72.3. The van der Waals surface area contributed by atoms with Gasteiger partial charge in [0.2, 0.25) is 5.91 Å². The van der Waals surface area contributed by atoms with Crippen LogP contribution in [0.3, 0.4) is 0 Å². The van der Waals surface area contributed by atoms with Gasteiger partial charge in [0.1, 0.15) is 5.82 Å². The smallest absolute Gasteiger partial charge is 0.224 e. The number of hydrogen-bond donors (Lipinski definition) is 1. The summed E-state index contributed by atoms with van der Waals surface area (Å²) >= 11 is 9.63. The molecule has 1 N–H and O–H groups in total. The van der Waals surface area contributed by atoms with Gasteiger partial charge < -0.3 is 5.32 Å². The molecule has 0 saturated heterocycles. The summed E-state index contributed by atoms with van der Waals surface area (Å²) in [5.74, 6) is -0.715. The summed E-state index contributed by atoms with van der Waals surface area (Å²) in [6, 6.07) is 3.67. The van der Waals surface area contributed by atoms with E-state index >= 15 is 0 Å². The minimum absolute atomic E-state index is 0.154. The molecule has 440 valence electrons. The predicted molar refractivity (Wildman–Crippen MR) is 492 cm³/mol. The number of hydrogen-bond acceptors (Lipinski definition) is 4. The maximum atomic E-state index is 13.0. The van der Waals surface area contributed by atoms with E-state index in [1.54, 1.807) is 107 Å². The molecule has 1 aromatic carbocycles. The van der Waals surface area contributed by atoms with Gasteiger partial charge in [-0.3, -0.25) is 9.59 Å². The number of halogens is 1. The van der Waals surface area contributed by atoms with E-state index in [1.165, 1.54) is 29.9 Å². The van der Waals surface area contributed by atoms with E-state index in [1.807, 2.05) is 394 Å². The number of carbonyl (C=O) groups is 2. The molecule has 0 aliphatic rings. The van der Waals surface area contributed by atoms with Crippen LogP contribution in [0.5, 0.6) is 0 Å². The normalized spacial score (nSPS) is 8.53. The van der Waals surface area contributed by atoms with Crippen molar-refractivity contribution in [2.24, 2.45) is 5.41 Å². The van der Waals surface area contributed by atoms with Crippen LogP contribution in [0.1, 0.15) is 37.6 Å². The molecule has 1 aromatic rings. The fourth-order valence-electron chi connectivity index (χ4n) is 2.03. The van der Waals surface area contributed by atoms with E-state index in [0.29, 0.717) is 12.7 Å². The van der Waals surface area contributed by atoms with Gasteiger partial charge >= 0.3 is 0 Å². The lowest BCUT2D eigenvalue weighted by Crippen LogP contribution is -2.20. The zero-order chi connectivity index (χ0) is 54.7. The summed E-state index contributed by atoms with van der Waals surface area (Å²) in [7, 11) is 100. The van der Waals surface area contributed by atoms with Gasteiger partial charge in [0, 0.05) is 532 Å². The van der Waals surface area contributed by atoms with Crippen LogP contribution in [0.4, 0.5) is 10.1 Å². The Balaban J connectivity index is 0.00000270.